The van der Waals surface area contributed by atoms with Gasteiger partial charge >= 0.3 is 0 Å². The summed E-state index contributed by atoms with van der Waals surface area (Å²) in [4.78, 5) is 30.6. The van der Waals surface area contributed by atoms with Gasteiger partial charge in [-0.1, -0.05) is 95.4 Å². The van der Waals surface area contributed by atoms with E-state index in [1.807, 2.05) is 59.5 Å². The highest BCUT2D eigenvalue weighted by molar-refractivity contribution is 9.10. The van der Waals surface area contributed by atoms with Crippen molar-refractivity contribution in [3.05, 3.63) is 100 Å². The van der Waals surface area contributed by atoms with Gasteiger partial charge in [0.1, 0.15) is 6.04 Å². The number of benzene rings is 3. The highest BCUT2D eigenvalue weighted by atomic mass is 79.9. The Morgan fingerprint density at radius 2 is 1.61 bits per heavy atom. The van der Waals surface area contributed by atoms with Gasteiger partial charge in [0.25, 0.3) is 0 Å². The van der Waals surface area contributed by atoms with E-state index in [9.17, 15) is 9.59 Å². The van der Waals surface area contributed by atoms with Crippen LogP contribution in [0.1, 0.15) is 55.2 Å². The van der Waals surface area contributed by atoms with E-state index in [0.717, 1.165) is 46.2 Å². The fourth-order valence-corrected chi connectivity index (χ4v) is 6.02. The van der Waals surface area contributed by atoms with Gasteiger partial charge in [-0.2, -0.15) is 0 Å². The second-order valence-corrected chi connectivity index (χ2v) is 12.2. The molecule has 6 heteroatoms. The number of hydrogen-bond donors (Lipinski definition) is 1. The second-order valence-electron chi connectivity index (χ2n) is 10.1. The minimum Gasteiger partial charge on any atom is -0.352 e. The summed E-state index contributed by atoms with van der Waals surface area (Å²) in [6, 6.07) is 26.0. The summed E-state index contributed by atoms with van der Waals surface area (Å²) in [7, 11) is 0. The molecule has 1 atom stereocenters. The Balaban J connectivity index is 1.55. The van der Waals surface area contributed by atoms with Gasteiger partial charge in [-0.3, -0.25) is 9.59 Å². The molecule has 4 rings (SSSR count). The van der Waals surface area contributed by atoms with Gasteiger partial charge in [-0.15, -0.1) is 11.8 Å². The third-order valence-electron chi connectivity index (χ3n) is 7.09. The lowest BCUT2D eigenvalue weighted by atomic mass is 9.94. The molecule has 0 saturated heterocycles. The van der Waals surface area contributed by atoms with Crippen LogP contribution in [0.2, 0.25) is 0 Å². The number of carbonyl (C=O) groups excluding carboxylic acids is 2. The van der Waals surface area contributed by atoms with Gasteiger partial charge in [0.15, 0.2) is 0 Å². The third kappa shape index (κ3) is 8.74. The maximum Gasteiger partial charge on any atom is 0.243 e. The molecule has 1 fully saturated rings. The summed E-state index contributed by atoms with van der Waals surface area (Å²) in [5.41, 5.74) is 3.29. The van der Waals surface area contributed by atoms with E-state index < -0.39 is 6.04 Å². The number of hydrogen-bond acceptors (Lipinski definition) is 3. The minimum atomic E-state index is -0.570. The number of rotatable bonds is 11. The quantitative estimate of drug-likeness (QED) is 0.237. The van der Waals surface area contributed by atoms with E-state index in [4.69, 9.17) is 0 Å². The third-order valence-corrected chi connectivity index (χ3v) is 8.64. The van der Waals surface area contributed by atoms with Crippen molar-refractivity contribution in [1.29, 1.82) is 0 Å². The van der Waals surface area contributed by atoms with Crippen molar-refractivity contribution < 1.29 is 9.59 Å². The Bertz CT molecular complexity index is 1160. The SMILES string of the molecule is Cc1ccc(SCCC(=O)N(Cc2ccc(Br)cc2)[C@H](Cc2ccccc2)C(=O)NC2CCCCC2)cc1. The molecule has 1 saturated carbocycles. The summed E-state index contributed by atoms with van der Waals surface area (Å²) in [5.74, 6) is 0.630. The summed E-state index contributed by atoms with van der Waals surface area (Å²) < 4.78 is 0.990. The highest BCUT2D eigenvalue weighted by Gasteiger charge is 2.31. The van der Waals surface area contributed by atoms with E-state index >= 15 is 0 Å². The normalized spacial score (nSPS) is 14.6. The second kappa shape index (κ2) is 14.5. The summed E-state index contributed by atoms with van der Waals surface area (Å²) in [5, 5.41) is 3.31. The van der Waals surface area contributed by atoms with Gasteiger partial charge in [-0.25, -0.2) is 0 Å². The molecule has 0 aromatic heterocycles. The Labute approximate surface area is 239 Å². The Morgan fingerprint density at radius 1 is 0.921 bits per heavy atom. The van der Waals surface area contributed by atoms with Gasteiger partial charge in [0, 0.05) is 40.5 Å². The van der Waals surface area contributed by atoms with Gasteiger partial charge in [0.05, 0.1) is 0 Å². The van der Waals surface area contributed by atoms with E-state index in [1.54, 1.807) is 11.8 Å². The van der Waals surface area contributed by atoms with Crippen LogP contribution in [0.5, 0.6) is 0 Å². The first-order valence-corrected chi connectivity index (χ1v) is 15.3. The van der Waals surface area contributed by atoms with Crippen LogP contribution >= 0.6 is 27.7 Å². The first kappa shape index (κ1) is 28.4. The first-order valence-electron chi connectivity index (χ1n) is 13.6. The Hall–Kier alpha value is -2.57. The molecular weight excluding hydrogens is 556 g/mol. The molecule has 3 aromatic rings. The zero-order chi connectivity index (χ0) is 26.7. The van der Waals surface area contributed by atoms with Crippen LogP contribution in [0.25, 0.3) is 0 Å². The zero-order valence-corrected chi connectivity index (χ0v) is 24.5. The molecule has 200 valence electrons. The molecule has 4 nitrogen and oxygen atoms in total. The van der Waals surface area contributed by atoms with Crippen LogP contribution < -0.4 is 5.32 Å². The van der Waals surface area contributed by atoms with Crippen molar-refractivity contribution in [3.63, 3.8) is 0 Å². The summed E-state index contributed by atoms with van der Waals surface area (Å²) in [6.07, 6.45) is 6.41. The minimum absolute atomic E-state index is 0.00672. The number of nitrogens with one attached hydrogen (secondary N) is 1. The number of carbonyl (C=O) groups is 2. The first-order chi connectivity index (χ1) is 18.5. The lowest BCUT2D eigenvalue weighted by Crippen LogP contribution is -2.52. The average molecular weight is 594 g/mol. The average Bonchev–Trinajstić information content (AvgIpc) is 2.94. The molecule has 2 amide bonds. The fourth-order valence-electron chi connectivity index (χ4n) is 4.92. The lowest BCUT2D eigenvalue weighted by Gasteiger charge is -2.33. The molecule has 0 heterocycles. The van der Waals surface area contributed by atoms with Crippen LogP contribution in [0.4, 0.5) is 0 Å². The van der Waals surface area contributed by atoms with Crippen LogP contribution in [0, 0.1) is 6.92 Å². The van der Waals surface area contributed by atoms with Crippen molar-refractivity contribution in [2.75, 3.05) is 5.75 Å². The highest BCUT2D eigenvalue weighted by Crippen LogP contribution is 2.23. The molecule has 1 aliphatic carbocycles. The lowest BCUT2D eigenvalue weighted by molar-refractivity contribution is -0.141. The molecule has 0 bridgehead atoms. The van der Waals surface area contributed by atoms with Crippen molar-refractivity contribution in [3.8, 4) is 0 Å². The number of thioether (sulfide) groups is 1. The molecule has 3 aromatic carbocycles. The van der Waals surface area contributed by atoms with Crippen molar-refractivity contribution in [2.45, 2.75) is 75.4 Å². The maximum absolute atomic E-state index is 13.8. The van der Waals surface area contributed by atoms with E-state index in [1.165, 1.54) is 12.0 Å². The fraction of sp³-hybridized carbons (Fsp3) is 0.375. The van der Waals surface area contributed by atoms with Crippen molar-refractivity contribution >= 4 is 39.5 Å². The molecule has 0 aliphatic heterocycles. The predicted molar refractivity (Wildman–Crippen MR) is 160 cm³/mol. The zero-order valence-electron chi connectivity index (χ0n) is 22.1. The number of aryl methyl sites for hydroxylation is 1. The van der Waals surface area contributed by atoms with E-state index in [-0.39, 0.29) is 17.9 Å². The largest absolute Gasteiger partial charge is 0.352 e. The van der Waals surface area contributed by atoms with Crippen LogP contribution in [0.3, 0.4) is 0 Å². The maximum atomic E-state index is 13.8. The van der Waals surface area contributed by atoms with Gasteiger partial charge in [0.2, 0.25) is 11.8 Å². The number of amides is 2. The Morgan fingerprint density at radius 3 is 2.29 bits per heavy atom. The van der Waals surface area contributed by atoms with Gasteiger partial charge < -0.3 is 10.2 Å². The monoisotopic (exact) mass is 592 g/mol. The van der Waals surface area contributed by atoms with Crippen LogP contribution in [-0.4, -0.2) is 34.6 Å². The van der Waals surface area contributed by atoms with Crippen molar-refractivity contribution in [2.24, 2.45) is 0 Å². The molecule has 38 heavy (non-hydrogen) atoms. The molecule has 0 unspecified atom stereocenters. The molecule has 0 radical (unpaired) electrons. The molecule has 1 N–H and O–H groups in total. The smallest absolute Gasteiger partial charge is 0.243 e. The van der Waals surface area contributed by atoms with Gasteiger partial charge in [-0.05, 0) is 55.2 Å². The summed E-state index contributed by atoms with van der Waals surface area (Å²) in [6.45, 7) is 2.47. The van der Waals surface area contributed by atoms with E-state index in [0.29, 0.717) is 25.1 Å². The number of nitrogens with zero attached hydrogens (tertiary/aromatic N) is 1. The summed E-state index contributed by atoms with van der Waals surface area (Å²) >= 11 is 5.19. The number of halogens is 1. The van der Waals surface area contributed by atoms with Crippen LogP contribution in [-0.2, 0) is 22.6 Å². The van der Waals surface area contributed by atoms with E-state index in [2.05, 4.69) is 52.4 Å². The Kier molecular flexibility index (Phi) is 10.9. The standard InChI is InChI=1S/C32H37BrN2O2S/c1-24-12-18-29(19-13-24)38-21-20-31(36)35(23-26-14-16-27(33)17-15-26)30(22-25-8-4-2-5-9-25)32(37)34-28-10-6-3-7-11-28/h2,4-5,8-9,12-19,28,30H,3,6-7,10-11,20-23H2,1H3,(H,34,37)/t30-/m1/s1. The topological polar surface area (TPSA) is 49.4 Å². The predicted octanol–water partition coefficient (Wildman–Crippen LogP) is 7.33. The molecule has 0 spiro atoms. The van der Waals surface area contributed by atoms with Crippen LogP contribution in [0.15, 0.2) is 88.2 Å². The van der Waals surface area contributed by atoms with Crippen molar-refractivity contribution in [1.82, 2.24) is 10.2 Å². The molecule has 1 aliphatic rings. The molecular formula is C32H37BrN2O2S.